The summed E-state index contributed by atoms with van der Waals surface area (Å²) in [5.74, 6) is 1.88. The number of pyridine rings is 2. The summed E-state index contributed by atoms with van der Waals surface area (Å²) >= 11 is 12.5. The quantitative estimate of drug-likeness (QED) is 0.0225. The first kappa shape index (κ1) is 99.9. The summed E-state index contributed by atoms with van der Waals surface area (Å²) in [4.78, 5) is 75.2. The number of anilines is 2. The number of benzene rings is 6. The maximum absolute atomic E-state index is 14.0. The first-order chi connectivity index (χ1) is 65.0. The second-order valence-electron chi connectivity index (χ2n) is 38.4. The molecule has 0 unspecified atom stereocenters. The van der Waals surface area contributed by atoms with Gasteiger partial charge in [0.15, 0.2) is 0 Å². The minimum Gasteiger partial charge on any atom is -0.455 e. The number of halogens is 2. The third-order valence-corrected chi connectivity index (χ3v) is 36.2. The van der Waals surface area contributed by atoms with Crippen molar-refractivity contribution in [2.24, 2.45) is 31.4 Å². The van der Waals surface area contributed by atoms with E-state index in [4.69, 9.17) is 32.7 Å². The zero-order valence-corrected chi connectivity index (χ0v) is 83.5. The standard InChI is InChI=1S/2C51H62ClN7O7S2/c2*1-5-67(63,6-2)55-41-16-8-35(9-17-41)7-10-37-13-19-44(31-47(37)59(61)62)68(64,65)56-50(60)45-20-18-42(30-48(45)66-43-29-38-22-24-53-49(38)54-33-43)58-27-25-57(26-28-58)34-39-21-23-51(3,4)32-46(39)36-11-14-40(52)15-12-36/h2*11-15,18-20,22,24,29-31,33,35,41H,5-10,16-17,21,23,25-28,32,34H2,1-4H3,(H,53,54)(H,56,60). The Morgan fingerprint density at radius 2 is 0.853 bits per heavy atom. The van der Waals surface area contributed by atoms with Crippen LogP contribution in [0.15, 0.2) is 200 Å². The predicted molar refractivity (Wildman–Crippen MR) is 541 cm³/mol. The monoisotopic (exact) mass is 1970 g/mol. The average molecular weight is 1970 g/mol. The van der Waals surface area contributed by atoms with E-state index in [-0.39, 0.29) is 56.9 Å². The molecule has 4 aliphatic carbocycles. The van der Waals surface area contributed by atoms with Gasteiger partial charge in [-0.2, -0.15) is 0 Å². The molecule has 0 radical (unpaired) electrons. The second-order valence-corrected chi connectivity index (χ2v) is 48.5. The summed E-state index contributed by atoms with van der Waals surface area (Å²) in [6.07, 6.45) is 22.0. The molecule has 6 heterocycles. The van der Waals surface area contributed by atoms with E-state index >= 15 is 0 Å². The van der Waals surface area contributed by atoms with E-state index in [1.807, 2.05) is 64.1 Å². The lowest BCUT2D eigenvalue weighted by Crippen LogP contribution is -2.47. The number of piperazine rings is 2. The van der Waals surface area contributed by atoms with Gasteiger partial charge >= 0.3 is 0 Å². The number of nitrogens with one attached hydrogen (secondary N) is 4. The molecule has 4 aromatic heterocycles. The number of aromatic amines is 2. The number of amides is 2. The van der Waals surface area contributed by atoms with Gasteiger partial charge in [0.05, 0.1) is 55.2 Å². The fourth-order valence-corrected chi connectivity index (χ4v) is 24.8. The van der Waals surface area contributed by atoms with Gasteiger partial charge < -0.3 is 29.2 Å². The number of aryl methyl sites for hydroxylation is 2. The Labute approximate surface area is 808 Å². The number of rotatable bonds is 32. The van der Waals surface area contributed by atoms with E-state index in [9.17, 15) is 55.1 Å². The number of sulfonamides is 2. The van der Waals surface area contributed by atoms with Crippen molar-refractivity contribution in [1.82, 2.24) is 39.2 Å². The summed E-state index contributed by atoms with van der Waals surface area (Å²) in [7, 11) is -13.5. The highest BCUT2D eigenvalue weighted by atomic mass is 35.5. The van der Waals surface area contributed by atoms with Crippen molar-refractivity contribution in [3.05, 3.63) is 245 Å². The molecule has 0 atom stereocenters. The van der Waals surface area contributed by atoms with Crippen LogP contribution in [-0.2, 0) is 52.3 Å². The molecule has 2 saturated carbocycles. The van der Waals surface area contributed by atoms with Crippen LogP contribution >= 0.6 is 23.2 Å². The Balaban J connectivity index is 0.000000207. The molecule has 6 aliphatic rings. The molecule has 16 rings (SSSR count). The number of H-pyrrole nitrogens is 2. The van der Waals surface area contributed by atoms with Gasteiger partial charge in [-0.1, -0.05) is 126 Å². The van der Waals surface area contributed by atoms with Crippen LogP contribution in [0.2, 0.25) is 10.0 Å². The van der Waals surface area contributed by atoms with Gasteiger partial charge in [-0.3, -0.25) is 39.6 Å². The van der Waals surface area contributed by atoms with Gasteiger partial charge in [0, 0.05) is 188 Å². The molecule has 0 bridgehead atoms. The highest BCUT2D eigenvalue weighted by Gasteiger charge is 2.36. The van der Waals surface area contributed by atoms with E-state index in [0.29, 0.717) is 94.5 Å². The van der Waals surface area contributed by atoms with Gasteiger partial charge in [0.1, 0.15) is 34.3 Å². The van der Waals surface area contributed by atoms with Gasteiger partial charge in [0.2, 0.25) is 0 Å². The van der Waals surface area contributed by atoms with E-state index in [2.05, 4.69) is 110 Å². The van der Waals surface area contributed by atoms with Crippen LogP contribution in [0.5, 0.6) is 23.0 Å². The molecule has 28 nitrogen and oxygen atoms in total. The SMILES string of the molecule is CCS(=O)(CC)=NC1CCC(CCc2ccc(S(=O)(=O)NC(=O)c3ccc(N4CCN(CC5=C(c6ccc(Cl)cc6)CC(C)(C)CC5)CC4)cc3Oc3cnc4[nH]ccc4c3)cc2[N+](=O)[O-])CC1.CCS(=O)(CC)=NC1CCC(CCc2ccc(S(=O)(=O)NC(=O)c3ccc(N4CCN(CC5=C(c6ccc(Cl)cc6)CC(C)(C)CC5)CC4)cc3Oc3cnc4[nH]ccc4c3)cc2[N+](=O)[O-])CC1. The zero-order valence-electron chi connectivity index (χ0n) is 78.7. The lowest BCUT2D eigenvalue weighted by atomic mass is 9.72. The van der Waals surface area contributed by atoms with E-state index < -0.39 is 71.0 Å². The lowest BCUT2D eigenvalue weighted by molar-refractivity contribution is -0.385. The third kappa shape index (κ3) is 25.1. The Kier molecular flexibility index (Phi) is 31.7. The van der Waals surface area contributed by atoms with Crippen LogP contribution in [0.4, 0.5) is 22.7 Å². The van der Waals surface area contributed by atoms with Crippen LogP contribution in [0.1, 0.15) is 201 Å². The smallest absolute Gasteiger partial charge is 0.273 e. The first-order valence-corrected chi connectivity index (χ1v) is 54.9. The number of nitrogens with zero attached hydrogens (tertiary/aromatic N) is 10. The van der Waals surface area contributed by atoms with Crippen molar-refractivity contribution in [2.45, 2.75) is 193 Å². The third-order valence-electron chi connectivity index (χ3n) is 28.0. The Hall–Kier alpha value is -10.6. The number of fused-ring (bicyclic) bond motifs is 2. The summed E-state index contributed by atoms with van der Waals surface area (Å²) in [6, 6.07) is 41.5. The predicted octanol–water partition coefficient (Wildman–Crippen LogP) is 21.6. The van der Waals surface area contributed by atoms with Crippen LogP contribution in [0, 0.1) is 42.9 Å². The maximum atomic E-state index is 14.0. The summed E-state index contributed by atoms with van der Waals surface area (Å²) in [5.41, 5.74) is 11.7. The van der Waals surface area contributed by atoms with Crippen molar-refractivity contribution >= 4 is 130 Å². The first-order valence-electron chi connectivity index (χ1n) is 47.5. The van der Waals surface area contributed by atoms with Gasteiger partial charge in [-0.05, 0) is 245 Å². The minimum absolute atomic E-state index is 0.0348. The normalized spacial score (nSPS) is 19.2. The van der Waals surface area contributed by atoms with Crippen molar-refractivity contribution in [1.29, 1.82) is 0 Å². The number of nitro groups is 2. The molecule has 2 saturated heterocycles. The van der Waals surface area contributed by atoms with E-state index in [0.717, 1.165) is 200 Å². The molecule has 2 amide bonds. The molecule has 10 aromatic rings. The van der Waals surface area contributed by atoms with E-state index in [1.54, 1.807) is 60.9 Å². The largest absolute Gasteiger partial charge is 0.455 e. The number of hydrogen-bond donors (Lipinski definition) is 4. The molecule has 6 aromatic carbocycles. The maximum Gasteiger partial charge on any atom is 0.273 e. The molecule has 0 spiro atoms. The summed E-state index contributed by atoms with van der Waals surface area (Å²) in [6.45, 7) is 24.9. The number of hydrogen-bond acceptors (Lipinski definition) is 22. The van der Waals surface area contributed by atoms with Crippen molar-refractivity contribution in [3.63, 3.8) is 0 Å². The number of nitro benzene ring substituents is 2. The number of ether oxygens (including phenoxy) is 2. The van der Waals surface area contributed by atoms with Gasteiger partial charge in [-0.25, -0.2) is 53.4 Å². The Morgan fingerprint density at radius 3 is 1.21 bits per heavy atom. The lowest BCUT2D eigenvalue weighted by Gasteiger charge is -2.39. The molecular formula is C102H124Cl2N14O14S4. The molecule has 136 heavy (non-hydrogen) atoms. The van der Waals surface area contributed by atoms with Crippen molar-refractivity contribution < 1.29 is 54.2 Å². The topological polar surface area (TPSA) is 360 Å². The zero-order chi connectivity index (χ0) is 96.4. The molecule has 34 heteroatoms. The average Bonchev–Trinajstić information content (AvgIpc) is 0.949. The fourth-order valence-electron chi connectivity index (χ4n) is 19.7. The summed E-state index contributed by atoms with van der Waals surface area (Å²) < 4.78 is 108. The Bertz CT molecular complexity index is 6240. The highest BCUT2D eigenvalue weighted by molar-refractivity contribution is 7.93. The molecule has 4 fully saturated rings. The molecule has 724 valence electrons. The Morgan fingerprint density at radius 1 is 0.485 bits per heavy atom. The van der Waals surface area contributed by atoms with Crippen LogP contribution in [0.25, 0.3) is 33.2 Å². The number of carbonyl (C=O) groups is 2. The second kappa shape index (κ2) is 43.2. The van der Waals surface area contributed by atoms with Crippen LogP contribution in [-0.4, -0.2) is 177 Å². The van der Waals surface area contributed by atoms with Crippen LogP contribution < -0.4 is 28.7 Å². The van der Waals surface area contributed by atoms with Gasteiger partial charge in [0.25, 0.3) is 43.2 Å². The van der Waals surface area contributed by atoms with Crippen molar-refractivity contribution in [3.8, 4) is 23.0 Å². The number of carbonyl (C=O) groups excluding carboxylic acids is 2. The van der Waals surface area contributed by atoms with Crippen molar-refractivity contribution in [2.75, 3.05) is 98.3 Å². The number of allylic oxidation sites excluding steroid dienone is 2. The molecular weight excluding hydrogens is 1840 g/mol. The highest BCUT2D eigenvalue weighted by Crippen LogP contribution is 2.47. The summed E-state index contributed by atoms with van der Waals surface area (Å²) in [5, 5.41) is 27.7. The van der Waals surface area contributed by atoms with Gasteiger partial charge in [-0.15, -0.1) is 0 Å². The number of aromatic nitrogens is 4. The minimum atomic E-state index is -4.57. The molecule has 2 aliphatic heterocycles. The fraction of sp³-hybridized carbons (Fsp3) is 0.451. The van der Waals surface area contributed by atoms with Crippen LogP contribution in [0.3, 0.4) is 0 Å². The van der Waals surface area contributed by atoms with E-state index in [1.165, 1.54) is 70.1 Å². The molecule has 4 N–H and O–H groups in total.